The minimum atomic E-state index is 0.346. The van der Waals surface area contributed by atoms with Crippen molar-refractivity contribution < 1.29 is 0 Å². The molecule has 0 saturated carbocycles. The number of nitrogens with zero attached hydrogens (tertiary/aromatic N) is 2. The maximum Gasteiger partial charge on any atom is 0.144 e. The van der Waals surface area contributed by atoms with Crippen LogP contribution in [0.25, 0.3) is 0 Å². The molecule has 2 heterocycles. The van der Waals surface area contributed by atoms with Crippen molar-refractivity contribution in [2.75, 3.05) is 18.4 Å². The Bertz CT molecular complexity index is 414. The van der Waals surface area contributed by atoms with E-state index in [1.165, 1.54) is 12.8 Å². The molecule has 0 radical (unpaired) electrons. The Hall–Kier alpha value is -1.16. The topological polar surface area (TPSA) is 49.8 Å². The Kier molecular flexibility index (Phi) is 3.85. The van der Waals surface area contributed by atoms with Crippen LogP contribution < -0.4 is 10.6 Å². The molecule has 0 amide bonds. The molecular weight excluding hydrogens is 224 g/mol. The van der Waals surface area contributed by atoms with Gasteiger partial charge in [0.15, 0.2) is 0 Å². The highest BCUT2D eigenvalue weighted by Crippen LogP contribution is 2.30. The number of nitrogens with one attached hydrogen (secondary N) is 2. The summed E-state index contributed by atoms with van der Waals surface area (Å²) in [5.74, 6) is 0.876. The molecule has 4 nitrogen and oxygen atoms in total. The van der Waals surface area contributed by atoms with E-state index in [-0.39, 0.29) is 0 Å². The first-order valence-electron chi connectivity index (χ1n) is 6.76. The molecule has 1 aliphatic rings. The van der Waals surface area contributed by atoms with E-state index in [0.717, 1.165) is 30.3 Å². The van der Waals surface area contributed by atoms with Crippen LogP contribution >= 0.6 is 0 Å². The lowest BCUT2D eigenvalue weighted by molar-refractivity contribution is 0.188. The zero-order valence-corrected chi connectivity index (χ0v) is 11.9. The Morgan fingerprint density at radius 2 is 2.17 bits per heavy atom. The van der Waals surface area contributed by atoms with Crippen molar-refractivity contribution >= 4 is 5.82 Å². The van der Waals surface area contributed by atoms with Crippen LogP contribution in [0.2, 0.25) is 0 Å². The molecular formula is C14H24N4. The summed E-state index contributed by atoms with van der Waals surface area (Å²) in [5, 5.41) is 7.00. The van der Waals surface area contributed by atoms with Crippen molar-refractivity contribution in [2.45, 2.75) is 46.6 Å². The van der Waals surface area contributed by atoms with E-state index in [1.54, 1.807) is 0 Å². The largest absolute Gasteiger partial charge is 0.367 e. The average molecular weight is 248 g/mol. The molecule has 0 spiro atoms. The highest BCUT2D eigenvalue weighted by atomic mass is 15.1. The zero-order chi connectivity index (χ0) is 13.2. The number of anilines is 1. The lowest BCUT2D eigenvalue weighted by Crippen LogP contribution is -2.50. The predicted octanol–water partition coefficient (Wildman–Crippen LogP) is 2.28. The predicted molar refractivity (Wildman–Crippen MR) is 74.8 cm³/mol. The number of aryl methyl sites for hydroxylation is 2. The number of aromatic nitrogens is 2. The van der Waals surface area contributed by atoms with Gasteiger partial charge >= 0.3 is 0 Å². The smallest absolute Gasteiger partial charge is 0.144 e. The first-order valence-corrected chi connectivity index (χ1v) is 6.76. The van der Waals surface area contributed by atoms with Crippen LogP contribution in [0, 0.1) is 19.3 Å². The van der Waals surface area contributed by atoms with Crippen molar-refractivity contribution in [1.82, 2.24) is 15.3 Å². The van der Waals surface area contributed by atoms with Gasteiger partial charge in [0.25, 0.3) is 0 Å². The van der Waals surface area contributed by atoms with Gasteiger partial charge in [-0.05, 0) is 38.6 Å². The Labute approximate surface area is 110 Å². The monoisotopic (exact) mass is 248 g/mol. The van der Waals surface area contributed by atoms with Gasteiger partial charge in [-0.25, -0.2) is 4.98 Å². The molecule has 1 atom stereocenters. The van der Waals surface area contributed by atoms with Crippen LogP contribution in [0.5, 0.6) is 0 Å². The molecule has 0 aromatic carbocycles. The summed E-state index contributed by atoms with van der Waals surface area (Å²) in [5.41, 5.74) is 2.34. The molecule has 18 heavy (non-hydrogen) atoms. The summed E-state index contributed by atoms with van der Waals surface area (Å²) in [4.78, 5) is 8.84. The standard InChI is InChI=1S/C14H24N4/c1-10-11(2)18-13(9-16-10)17-8-12-14(3,4)6-5-7-15-12/h9,12,15H,5-8H2,1-4H3,(H,17,18). The third-order valence-corrected chi connectivity index (χ3v) is 4.01. The number of hydrogen-bond acceptors (Lipinski definition) is 4. The van der Waals surface area contributed by atoms with E-state index in [2.05, 4.69) is 34.4 Å². The van der Waals surface area contributed by atoms with Gasteiger partial charge in [0.2, 0.25) is 0 Å². The van der Waals surface area contributed by atoms with E-state index in [1.807, 2.05) is 20.0 Å². The highest BCUT2D eigenvalue weighted by molar-refractivity contribution is 5.33. The quantitative estimate of drug-likeness (QED) is 0.861. The summed E-state index contributed by atoms with van der Waals surface area (Å²) in [6.07, 6.45) is 4.37. The van der Waals surface area contributed by atoms with Gasteiger partial charge in [-0.3, -0.25) is 4.98 Å². The van der Waals surface area contributed by atoms with E-state index < -0.39 is 0 Å². The maximum absolute atomic E-state index is 4.50. The molecule has 4 heteroatoms. The van der Waals surface area contributed by atoms with E-state index in [4.69, 9.17) is 0 Å². The number of piperidine rings is 1. The second kappa shape index (κ2) is 5.22. The summed E-state index contributed by atoms with van der Waals surface area (Å²) < 4.78 is 0. The molecule has 0 aliphatic carbocycles. The van der Waals surface area contributed by atoms with Gasteiger partial charge in [0.1, 0.15) is 5.82 Å². The second-order valence-corrected chi connectivity index (χ2v) is 5.91. The molecule has 1 saturated heterocycles. The molecule has 1 aromatic rings. The SMILES string of the molecule is Cc1ncc(NCC2NCCCC2(C)C)nc1C. The van der Waals surface area contributed by atoms with Gasteiger partial charge in [0.05, 0.1) is 17.6 Å². The van der Waals surface area contributed by atoms with Gasteiger partial charge in [-0.1, -0.05) is 13.8 Å². The summed E-state index contributed by atoms with van der Waals surface area (Å²) in [7, 11) is 0. The van der Waals surface area contributed by atoms with Crippen LogP contribution in [0.1, 0.15) is 38.1 Å². The maximum atomic E-state index is 4.50. The van der Waals surface area contributed by atoms with Crippen LogP contribution in [0.3, 0.4) is 0 Å². The Balaban J connectivity index is 1.96. The fourth-order valence-electron chi connectivity index (χ4n) is 2.45. The number of rotatable bonds is 3. The third kappa shape index (κ3) is 2.99. The number of hydrogen-bond donors (Lipinski definition) is 2. The third-order valence-electron chi connectivity index (χ3n) is 4.01. The van der Waals surface area contributed by atoms with Gasteiger partial charge < -0.3 is 10.6 Å². The lowest BCUT2D eigenvalue weighted by Gasteiger charge is -2.39. The second-order valence-electron chi connectivity index (χ2n) is 5.91. The molecule has 100 valence electrons. The fraction of sp³-hybridized carbons (Fsp3) is 0.714. The Morgan fingerprint density at radius 1 is 1.39 bits per heavy atom. The minimum Gasteiger partial charge on any atom is -0.367 e. The van der Waals surface area contributed by atoms with Crippen molar-refractivity contribution in [2.24, 2.45) is 5.41 Å². The summed E-state index contributed by atoms with van der Waals surface area (Å²) >= 11 is 0. The first-order chi connectivity index (χ1) is 8.49. The highest BCUT2D eigenvalue weighted by Gasteiger charge is 2.31. The van der Waals surface area contributed by atoms with Crippen LogP contribution in [-0.4, -0.2) is 29.1 Å². The molecule has 1 aliphatic heterocycles. The molecule has 1 unspecified atom stereocenters. The van der Waals surface area contributed by atoms with Gasteiger partial charge in [-0.15, -0.1) is 0 Å². The van der Waals surface area contributed by atoms with E-state index in [9.17, 15) is 0 Å². The van der Waals surface area contributed by atoms with Crippen molar-refractivity contribution in [3.63, 3.8) is 0 Å². The molecule has 1 aromatic heterocycles. The van der Waals surface area contributed by atoms with Crippen LogP contribution in [0.15, 0.2) is 6.20 Å². The fourth-order valence-corrected chi connectivity index (χ4v) is 2.45. The van der Waals surface area contributed by atoms with E-state index >= 15 is 0 Å². The zero-order valence-electron chi connectivity index (χ0n) is 11.9. The van der Waals surface area contributed by atoms with Crippen LogP contribution in [0.4, 0.5) is 5.82 Å². The normalized spacial score (nSPS) is 22.8. The minimum absolute atomic E-state index is 0.346. The molecule has 2 rings (SSSR count). The van der Waals surface area contributed by atoms with Crippen molar-refractivity contribution in [3.8, 4) is 0 Å². The summed E-state index contributed by atoms with van der Waals surface area (Å²) in [6, 6.07) is 0.495. The molecule has 1 fully saturated rings. The molecule has 0 bridgehead atoms. The Morgan fingerprint density at radius 3 is 2.83 bits per heavy atom. The van der Waals surface area contributed by atoms with E-state index in [0.29, 0.717) is 11.5 Å². The lowest BCUT2D eigenvalue weighted by atomic mass is 9.77. The summed E-state index contributed by atoms with van der Waals surface area (Å²) in [6.45, 7) is 10.7. The van der Waals surface area contributed by atoms with Gasteiger partial charge in [-0.2, -0.15) is 0 Å². The van der Waals surface area contributed by atoms with Crippen LogP contribution in [-0.2, 0) is 0 Å². The van der Waals surface area contributed by atoms with Gasteiger partial charge in [0, 0.05) is 12.6 Å². The molecule has 2 N–H and O–H groups in total. The first kappa shape index (κ1) is 13.3. The van der Waals surface area contributed by atoms with Crippen molar-refractivity contribution in [1.29, 1.82) is 0 Å². The average Bonchev–Trinajstić information content (AvgIpc) is 2.31. The van der Waals surface area contributed by atoms with Crippen molar-refractivity contribution in [3.05, 3.63) is 17.6 Å².